The van der Waals surface area contributed by atoms with Gasteiger partial charge in [0.15, 0.2) is 0 Å². The Morgan fingerprint density at radius 1 is 1.67 bits per heavy atom. The summed E-state index contributed by atoms with van der Waals surface area (Å²) in [5, 5.41) is 0. The summed E-state index contributed by atoms with van der Waals surface area (Å²) in [6, 6.07) is 9.00. The molecule has 1 aromatic rings. The summed E-state index contributed by atoms with van der Waals surface area (Å²) in [7, 11) is 0. The number of hydrogen-bond donors (Lipinski definition) is 0. The van der Waals surface area contributed by atoms with Crippen LogP contribution in [0, 0.1) is 13.0 Å². The van der Waals surface area contributed by atoms with Gasteiger partial charge < -0.3 is 0 Å². The minimum Gasteiger partial charge on any atom is -0.0985 e. The number of hydrogen-bond acceptors (Lipinski definition) is 0. The Balaban J connectivity index is 3.07. The van der Waals surface area contributed by atoms with Gasteiger partial charge in [-0.2, -0.15) is 0 Å². The highest BCUT2D eigenvalue weighted by molar-refractivity contribution is 5.47. The molecule has 0 spiro atoms. The minimum atomic E-state index is 1.16. The highest BCUT2D eigenvalue weighted by Gasteiger charge is 1.83. The first-order valence-electron chi connectivity index (χ1n) is 2.93. The van der Waals surface area contributed by atoms with E-state index in [4.69, 9.17) is 0 Å². The monoisotopic (exact) mass is 117 g/mol. The zero-order chi connectivity index (χ0) is 6.69. The molecule has 1 radical (unpaired) electrons. The van der Waals surface area contributed by atoms with Gasteiger partial charge in [-0.15, -0.1) is 0 Å². The molecule has 0 amide bonds. The highest BCUT2D eigenvalue weighted by atomic mass is 13.9. The van der Waals surface area contributed by atoms with E-state index in [0.717, 1.165) is 11.1 Å². The van der Waals surface area contributed by atoms with Crippen molar-refractivity contribution in [3.63, 3.8) is 0 Å². The molecule has 0 aromatic heterocycles. The third kappa shape index (κ3) is 1.43. The van der Waals surface area contributed by atoms with Crippen LogP contribution >= 0.6 is 0 Å². The molecule has 0 nitrogen and oxygen atoms in total. The van der Waals surface area contributed by atoms with Crippen LogP contribution in [0.25, 0.3) is 6.08 Å². The summed E-state index contributed by atoms with van der Waals surface area (Å²) >= 11 is 0. The van der Waals surface area contributed by atoms with Crippen molar-refractivity contribution in [3.05, 3.63) is 42.0 Å². The van der Waals surface area contributed by atoms with Crippen LogP contribution in [0.15, 0.2) is 24.8 Å². The first-order valence-corrected chi connectivity index (χ1v) is 2.93. The van der Waals surface area contributed by atoms with Crippen LogP contribution in [-0.4, -0.2) is 0 Å². The van der Waals surface area contributed by atoms with Crippen LogP contribution in [0.5, 0.6) is 0 Å². The molecule has 0 unspecified atom stereocenters. The van der Waals surface area contributed by atoms with Crippen LogP contribution in [0.4, 0.5) is 0 Å². The van der Waals surface area contributed by atoms with E-state index in [1.165, 1.54) is 0 Å². The van der Waals surface area contributed by atoms with Gasteiger partial charge in [0, 0.05) is 0 Å². The molecule has 0 fully saturated rings. The van der Waals surface area contributed by atoms with Gasteiger partial charge in [-0.3, -0.25) is 0 Å². The summed E-state index contributed by atoms with van der Waals surface area (Å²) < 4.78 is 0. The molecular weight excluding hydrogens is 108 g/mol. The first kappa shape index (κ1) is 6.09. The fourth-order valence-corrected chi connectivity index (χ4v) is 0.736. The summed E-state index contributed by atoms with van der Waals surface area (Å²) in [6.07, 6.45) is 1.83. The lowest BCUT2D eigenvalue weighted by Gasteiger charge is -1.91. The topological polar surface area (TPSA) is 0 Å². The molecule has 9 heavy (non-hydrogen) atoms. The van der Waals surface area contributed by atoms with Crippen molar-refractivity contribution in [2.75, 3.05) is 0 Å². The quantitative estimate of drug-likeness (QED) is 0.530. The van der Waals surface area contributed by atoms with Crippen molar-refractivity contribution in [3.8, 4) is 0 Å². The first-order chi connectivity index (χ1) is 4.33. The third-order valence-corrected chi connectivity index (χ3v) is 1.21. The third-order valence-electron chi connectivity index (χ3n) is 1.21. The summed E-state index contributed by atoms with van der Waals surface area (Å²) in [5.74, 6) is 0. The second kappa shape index (κ2) is 2.49. The Hall–Kier alpha value is -1.04. The standard InChI is InChI=1S/C9H9/c1-3-9-6-4-5-8(2)7-9/h3-4,6-7H,1H2,2H3. The molecule has 1 aromatic carbocycles. The molecule has 0 N–H and O–H groups in total. The maximum Gasteiger partial charge on any atom is -0.0152 e. The Kier molecular flexibility index (Phi) is 1.69. The summed E-state index contributed by atoms with van der Waals surface area (Å²) in [4.78, 5) is 0. The molecule has 0 saturated carbocycles. The lowest BCUT2D eigenvalue weighted by atomic mass is 10.1. The Labute approximate surface area is 55.8 Å². The highest BCUT2D eigenvalue weighted by Crippen LogP contribution is 2.02. The zero-order valence-electron chi connectivity index (χ0n) is 5.52. The van der Waals surface area contributed by atoms with Crippen molar-refractivity contribution >= 4 is 6.08 Å². The van der Waals surface area contributed by atoms with Crippen molar-refractivity contribution in [2.45, 2.75) is 6.92 Å². The van der Waals surface area contributed by atoms with E-state index in [1.54, 1.807) is 0 Å². The van der Waals surface area contributed by atoms with Gasteiger partial charge >= 0.3 is 0 Å². The Bertz CT molecular complexity index is 211. The van der Waals surface area contributed by atoms with E-state index in [0.29, 0.717) is 0 Å². The van der Waals surface area contributed by atoms with Crippen molar-refractivity contribution in [1.29, 1.82) is 0 Å². The Morgan fingerprint density at radius 2 is 2.44 bits per heavy atom. The van der Waals surface area contributed by atoms with Crippen molar-refractivity contribution in [2.24, 2.45) is 0 Å². The van der Waals surface area contributed by atoms with Crippen LogP contribution in [-0.2, 0) is 0 Å². The molecule has 1 rings (SSSR count). The van der Waals surface area contributed by atoms with E-state index in [1.807, 2.05) is 31.2 Å². The largest absolute Gasteiger partial charge is 0.0985 e. The second-order valence-corrected chi connectivity index (χ2v) is 2.01. The normalized spacial score (nSPS) is 9.00. The SMILES string of the molecule is C=Cc1cc[c]c(C)c1. The Morgan fingerprint density at radius 3 is 2.89 bits per heavy atom. The molecular formula is C9H9. The lowest BCUT2D eigenvalue weighted by molar-refractivity contribution is 1.45. The molecule has 45 valence electrons. The van der Waals surface area contributed by atoms with E-state index < -0.39 is 0 Å². The van der Waals surface area contributed by atoms with E-state index in [9.17, 15) is 0 Å². The predicted octanol–water partition coefficient (Wildman–Crippen LogP) is 2.44. The fourth-order valence-electron chi connectivity index (χ4n) is 0.736. The van der Waals surface area contributed by atoms with Gasteiger partial charge in [0.25, 0.3) is 0 Å². The van der Waals surface area contributed by atoms with Crippen LogP contribution in [0.3, 0.4) is 0 Å². The molecule has 0 atom stereocenters. The molecule has 0 saturated heterocycles. The van der Waals surface area contributed by atoms with E-state index in [-0.39, 0.29) is 0 Å². The van der Waals surface area contributed by atoms with Crippen molar-refractivity contribution in [1.82, 2.24) is 0 Å². The maximum atomic E-state index is 3.66. The smallest absolute Gasteiger partial charge is 0.0152 e. The molecule has 0 aliphatic heterocycles. The number of benzene rings is 1. The van der Waals surface area contributed by atoms with Gasteiger partial charge in [0.1, 0.15) is 0 Å². The minimum absolute atomic E-state index is 1.16. The second-order valence-electron chi connectivity index (χ2n) is 2.01. The maximum absolute atomic E-state index is 3.66. The predicted molar refractivity (Wildman–Crippen MR) is 40.1 cm³/mol. The average molecular weight is 117 g/mol. The molecule has 0 heterocycles. The number of rotatable bonds is 1. The van der Waals surface area contributed by atoms with Gasteiger partial charge in [0.05, 0.1) is 0 Å². The summed E-state index contributed by atoms with van der Waals surface area (Å²) in [6.45, 7) is 5.68. The van der Waals surface area contributed by atoms with Gasteiger partial charge in [-0.25, -0.2) is 0 Å². The lowest BCUT2D eigenvalue weighted by Crippen LogP contribution is -1.72. The van der Waals surface area contributed by atoms with Crippen LogP contribution < -0.4 is 0 Å². The zero-order valence-corrected chi connectivity index (χ0v) is 5.52. The van der Waals surface area contributed by atoms with Gasteiger partial charge in [-0.05, 0) is 24.1 Å². The van der Waals surface area contributed by atoms with Crippen LogP contribution in [0.2, 0.25) is 0 Å². The van der Waals surface area contributed by atoms with E-state index >= 15 is 0 Å². The fraction of sp³-hybridized carbons (Fsp3) is 0.111. The molecule has 0 aliphatic carbocycles. The molecule has 0 heteroatoms. The van der Waals surface area contributed by atoms with E-state index in [2.05, 4.69) is 12.6 Å². The van der Waals surface area contributed by atoms with Crippen LogP contribution in [0.1, 0.15) is 11.1 Å². The number of aryl methyl sites for hydroxylation is 1. The molecule has 0 aliphatic rings. The summed E-state index contributed by atoms with van der Waals surface area (Å²) in [5.41, 5.74) is 2.32. The average Bonchev–Trinajstić information content (AvgIpc) is 1.88. The molecule has 0 bridgehead atoms. The van der Waals surface area contributed by atoms with Gasteiger partial charge in [-0.1, -0.05) is 30.9 Å². The van der Waals surface area contributed by atoms with Crippen molar-refractivity contribution < 1.29 is 0 Å². The van der Waals surface area contributed by atoms with Gasteiger partial charge in [0.2, 0.25) is 0 Å².